The number of hydrogen-bond acceptors (Lipinski definition) is 4. The maximum atomic E-state index is 12.7. The van der Waals surface area contributed by atoms with Gasteiger partial charge < -0.3 is 10.6 Å². The molecule has 0 saturated heterocycles. The molecule has 0 bridgehead atoms. The Hall–Kier alpha value is -3.22. The maximum absolute atomic E-state index is 12.7. The molecule has 0 spiro atoms. The smallest absolute Gasteiger partial charge is 0.285 e. The number of hydrogen-bond donors (Lipinski definition) is 2. The van der Waals surface area contributed by atoms with Crippen LogP contribution in [0.3, 0.4) is 0 Å². The van der Waals surface area contributed by atoms with Crippen molar-refractivity contribution >= 4 is 23.2 Å². The largest absolute Gasteiger partial charge is 0.349 e. The van der Waals surface area contributed by atoms with Gasteiger partial charge in [0.05, 0.1) is 16.2 Å². The molecule has 1 aliphatic carbocycles. The number of nitro benzene ring substituents is 1. The summed E-state index contributed by atoms with van der Waals surface area (Å²) in [6.45, 7) is 1.58. The summed E-state index contributed by atoms with van der Waals surface area (Å²) in [7, 11) is 0. The van der Waals surface area contributed by atoms with Gasteiger partial charge in [-0.2, -0.15) is 0 Å². The van der Waals surface area contributed by atoms with E-state index in [4.69, 9.17) is 0 Å². The van der Waals surface area contributed by atoms with Crippen LogP contribution in [-0.2, 0) is 0 Å². The third-order valence-corrected chi connectivity index (χ3v) is 5.03. The van der Waals surface area contributed by atoms with E-state index in [-0.39, 0.29) is 23.2 Å². The van der Waals surface area contributed by atoms with Crippen LogP contribution in [0.1, 0.15) is 58.4 Å². The topological polar surface area (TPSA) is 101 Å². The van der Waals surface area contributed by atoms with Crippen molar-refractivity contribution in [2.45, 2.75) is 45.1 Å². The Labute approximate surface area is 163 Å². The summed E-state index contributed by atoms with van der Waals surface area (Å²) in [4.78, 5) is 36.2. The van der Waals surface area contributed by atoms with Crippen LogP contribution in [-0.4, -0.2) is 22.8 Å². The summed E-state index contributed by atoms with van der Waals surface area (Å²) in [5.41, 5.74) is 0.811. The van der Waals surface area contributed by atoms with Crippen molar-refractivity contribution in [1.82, 2.24) is 5.32 Å². The minimum Gasteiger partial charge on any atom is -0.349 e. The molecule has 7 nitrogen and oxygen atoms in total. The molecule has 2 N–H and O–H groups in total. The third kappa shape index (κ3) is 4.36. The highest BCUT2D eigenvalue weighted by atomic mass is 16.6. The lowest BCUT2D eigenvalue weighted by atomic mass is 9.95. The Morgan fingerprint density at radius 1 is 0.964 bits per heavy atom. The van der Waals surface area contributed by atoms with Gasteiger partial charge in [-0.25, -0.2) is 0 Å². The lowest BCUT2D eigenvalue weighted by molar-refractivity contribution is -0.385. The highest BCUT2D eigenvalue weighted by Crippen LogP contribution is 2.25. The number of amides is 2. The quantitative estimate of drug-likeness (QED) is 0.598. The molecule has 0 atom stereocenters. The second-order valence-corrected chi connectivity index (χ2v) is 7.04. The van der Waals surface area contributed by atoms with Crippen molar-refractivity contribution in [2.75, 3.05) is 5.32 Å². The molecule has 0 heterocycles. The van der Waals surface area contributed by atoms with Gasteiger partial charge >= 0.3 is 0 Å². The summed E-state index contributed by atoms with van der Waals surface area (Å²) < 4.78 is 0. The molecule has 2 aromatic rings. The van der Waals surface area contributed by atoms with Crippen molar-refractivity contribution in [1.29, 1.82) is 0 Å². The third-order valence-electron chi connectivity index (χ3n) is 5.03. The Morgan fingerprint density at radius 3 is 2.36 bits per heavy atom. The van der Waals surface area contributed by atoms with Crippen LogP contribution in [0.4, 0.5) is 11.4 Å². The molecule has 0 unspecified atom stereocenters. The maximum Gasteiger partial charge on any atom is 0.285 e. The van der Waals surface area contributed by atoms with Crippen LogP contribution in [0.2, 0.25) is 0 Å². The number of aryl methyl sites for hydroxylation is 1. The van der Waals surface area contributed by atoms with Gasteiger partial charge in [0.2, 0.25) is 0 Å². The summed E-state index contributed by atoms with van der Waals surface area (Å²) in [6, 6.07) is 11.4. The Balaban J connectivity index is 1.82. The van der Waals surface area contributed by atoms with Gasteiger partial charge in [0.1, 0.15) is 5.56 Å². The average Bonchev–Trinajstić information content (AvgIpc) is 2.68. The summed E-state index contributed by atoms with van der Waals surface area (Å²) in [5, 5.41) is 17.0. The van der Waals surface area contributed by atoms with Crippen LogP contribution >= 0.6 is 0 Å². The van der Waals surface area contributed by atoms with Gasteiger partial charge in [0.15, 0.2) is 0 Å². The molecule has 3 rings (SSSR count). The Kier molecular flexibility index (Phi) is 6.03. The van der Waals surface area contributed by atoms with Crippen molar-refractivity contribution in [2.24, 2.45) is 0 Å². The molecule has 1 saturated carbocycles. The van der Waals surface area contributed by atoms with E-state index < -0.39 is 10.8 Å². The molecular formula is C21H23N3O4. The fourth-order valence-corrected chi connectivity index (χ4v) is 3.57. The summed E-state index contributed by atoms with van der Waals surface area (Å²) >= 11 is 0. The Bertz CT molecular complexity index is 904. The number of carbonyl (C=O) groups is 2. The fourth-order valence-electron chi connectivity index (χ4n) is 3.57. The van der Waals surface area contributed by atoms with E-state index in [2.05, 4.69) is 10.6 Å². The zero-order valence-corrected chi connectivity index (χ0v) is 15.7. The normalized spacial score (nSPS) is 14.3. The number of nitrogens with one attached hydrogen (secondary N) is 2. The first-order valence-electron chi connectivity index (χ1n) is 9.42. The van der Waals surface area contributed by atoms with Crippen molar-refractivity contribution in [3.8, 4) is 0 Å². The number of para-hydroxylation sites is 2. The zero-order chi connectivity index (χ0) is 20.1. The molecule has 0 aromatic heterocycles. The summed E-state index contributed by atoms with van der Waals surface area (Å²) in [5.74, 6) is -0.866. The minimum absolute atomic E-state index is 0.0347. The molecule has 28 heavy (non-hydrogen) atoms. The predicted octanol–water partition coefficient (Wildman–Crippen LogP) is 4.22. The molecule has 0 radical (unpaired) electrons. The van der Waals surface area contributed by atoms with Gasteiger partial charge in [-0.3, -0.25) is 19.7 Å². The van der Waals surface area contributed by atoms with Gasteiger partial charge in [-0.1, -0.05) is 43.5 Å². The molecule has 1 fully saturated rings. The second-order valence-electron chi connectivity index (χ2n) is 7.04. The van der Waals surface area contributed by atoms with Gasteiger partial charge in [0.25, 0.3) is 17.5 Å². The van der Waals surface area contributed by atoms with E-state index in [1.807, 2.05) is 0 Å². The van der Waals surface area contributed by atoms with Gasteiger partial charge in [-0.15, -0.1) is 0 Å². The molecule has 2 amide bonds. The standard InChI is InChI=1S/C21H23N3O4/c1-14-8-7-12-17(19(14)24(27)28)21(26)23-18-13-6-5-11-16(18)20(25)22-15-9-3-2-4-10-15/h5-8,11-13,15H,2-4,9-10H2,1H3,(H,22,25)(H,23,26). The minimum atomic E-state index is -0.617. The lowest BCUT2D eigenvalue weighted by Crippen LogP contribution is -2.36. The van der Waals surface area contributed by atoms with E-state index in [9.17, 15) is 19.7 Å². The molecule has 0 aliphatic heterocycles. The van der Waals surface area contributed by atoms with E-state index in [0.29, 0.717) is 16.8 Å². The molecule has 1 aliphatic rings. The van der Waals surface area contributed by atoms with Crippen LogP contribution < -0.4 is 10.6 Å². The number of rotatable bonds is 5. The first kappa shape index (κ1) is 19.5. The Morgan fingerprint density at radius 2 is 1.64 bits per heavy atom. The van der Waals surface area contributed by atoms with Crippen molar-refractivity contribution in [3.63, 3.8) is 0 Å². The van der Waals surface area contributed by atoms with Gasteiger partial charge in [-0.05, 0) is 38.0 Å². The first-order chi connectivity index (χ1) is 13.5. The predicted molar refractivity (Wildman–Crippen MR) is 107 cm³/mol. The van der Waals surface area contributed by atoms with Crippen molar-refractivity contribution in [3.05, 3.63) is 69.3 Å². The number of anilines is 1. The number of benzene rings is 2. The fraction of sp³-hybridized carbons (Fsp3) is 0.333. The van der Waals surface area contributed by atoms with Crippen molar-refractivity contribution < 1.29 is 14.5 Å². The number of carbonyl (C=O) groups excluding carboxylic acids is 2. The number of nitrogens with zero attached hydrogens (tertiary/aromatic N) is 1. The van der Waals surface area contributed by atoms with E-state index in [0.717, 1.165) is 25.7 Å². The zero-order valence-electron chi connectivity index (χ0n) is 15.7. The highest BCUT2D eigenvalue weighted by Gasteiger charge is 2.24. The van der Waals surface area contributed by atoms with E-state index >= 15 is 0 Å². The van der Waals surface area contributed by atoms with Crippen LogP contribution in [0.5, 0.6) is 0 Å². The van der Waals surface area contributed by atoms with Gasteiger partial charge in [0, 0.05) is 11.6 Å². The molecule has 7 heteroatoms. The lowest BCUT2D eigenvalue weighted by Gasteiger charge is -2.23. The highest BCUT2D eigenvalue weighted by molar-refractivity contribution is 6.10. The van der Waals surface area contributed by atoms with E-state index in [1.165, 1.54) is 12.5 Å². The first-order valence-corrected chi connectivity index (χ1v) is 9.42. The van der Waals surface area contributed by atoms with E-state index in [1.54, 1.807) is 43.3 Å². The second kappa shape index (κ2) is 8.65. The summed E-state index contributed by atoms with van der Waals surface area (Å²) in [6.07, 6.45) is 5.29. The molecule has 146 valence electrons. The SMILES string of the molecule is Cc1cccc(C(=O)Nc2ccccc2C(=O)NC2CCCCC2)c1[N+](=O)[O-]. The van der Waals surface area contributed by atoms with Crippen LogP contribution in [0, 0.1) is 17.0 Å². The molecular weight excluding hydrogens is 358 g/mol. The molecule has 2 aromatic carbocycles. The average molecular weight is 381 g/mol. The number of nitro groups is 1. The monoisotopic (exact) mass is 381 g/mol. The van der Waals surface area contributed by atoms with Crippen LogP contribution in [0.15, 0.2) is 42.5 Å². The van der Waals surface area contributed by atoms with Crippen LogP contribution in [0.25, 0.3) is 0 Å².